The first-order valence-corrected chi connectivity index (χ1v) is 4.37. The summed E-state index contributed by atoms with van der Waals surface area (Å²) in [5, 5.41) is 18.8. The Morgan fingerprint density at radius 1 is 1.54 bits per heavy atom. The van der Waals surface area contributed by atoms with E-state index >= 15 is 0 Å². The molecule has 0 fully saturated rings. The molecule has 1 aromatic rings. The number of benzene rings is 1. The predicted octanol–water partition coefficient (Wildman–Crippen LogP) is 2.11. The smallest absolute Gasteiger partial charge is 0.170 e. The van der Waals surface area contributed by atoms with Gasteiger partial charge in [-0.05, 0) is 12.1 Å². The molecular weight excluding hydrogens is 241 g/mol. The number of aromatic hydroxyl groups is 1. The Bertz CT molecular complexity index is 317. The highest BCUT2D eigenvalue weighted by Gasteiger charge is 2.12. The SMILES string of the molecule is CN(O)Cc1c(Br)ccc(O)c1F. The molecule has 0 aliphatic carbocycles. The highest BCUT2D eigenvalue weighted by atomic mass is 79.9. The molecule has 0 aromatic heterocycles. The molecule has 2 N–H and O–H groups in total. The lowest BCUT2D eigenvalue weighted by Crippen LogP contribution is -2.13. The highest BCUT2D eigenvalue weighted by molar-refractivity contribution is 9.10. The molecule has 0 saturated carbocycles. The van der Waals surface area contributed by atoms with Crippen LogP contribution in [0.25, 0.3) is 0 Å². The molecule has 0 spiro atoms. The minimum atomic E-state index is -0.713. The summed E-state index contributed by atoms with van der Waals surface area (Å²) >= 11 is 3.12. The monoisotopic (exact) mass is 249 g/mol. The summed E-state index contributed by atoms with van der Waals surface area (Å²) in [6.07, 6.45) is 0. The second-order valence-electron chi connectivity index (χ2n) is 2.67. The fourth-order valence-corrected chi connectivity index (χ4v) is 1.39. The van der Waals surface area contributed by atoms with Crippen LogP contribution < -0.4 is 0 Å². The first-order valence-electron chi connectivity index (χ1n) is 3.58. The fraction of sp³-hybridized carbons (Fsp3) is 0.250. The molecule has 0 bridgehead atoms. The normalized spacial score (nSPS) is 10.8. The van der Waals surface area contributed by atoms with Crippen LogP contribution in [0.3, 0.4) is 0 Å². The maximum atomic E-state index is 13.2. The van der Waals surface area contributed by atoms with Crippen LogP contribution in [0.1, 0.15) is 5.56 Å². The number of phenols is 1. The minimum Gasteiger partial charge on any atom is -0.505 e. The molecule has 0 aliphatic heterocycles. The summed E-state index contributed by atoms with van der Waals surface area (Å²) in [6.45, 7) is 0.0147. The van der Waals surface area contributed by atoms with Crippen molar-refractivity contribution in [3.63, 3.8) is 0 Å². The topological polar surface area (TPSA) is 43.7 Å². The van der Waals surface area contributed by atoms with E-state index < -0.39 is 11.6 Å². The van der Waals surface area contributed by atoms with Crippen LogP contribution in [0.2, 0.25) is 0 Å². The zero-order valence-electron chi connectivity index (χ0n) is 6.96. The Labute approximate surface area is 83.5 Å². The number of hydroxylamine groups is 2. The van der Waals surface area contributed by atoms with E-state index in [-0.39, 0.29) is 12.1 Å². The van der Waals surface area contributed by atoms with E-state index in [1.807, 2.05) is 0 Å². The van der Waals surface area contributed by atoms with Crippen molar-refractivity contribution < 1.29 is 14.7 Å². The third-order valence-electron chi connectivity index (χ3n) is 1.55. The number of rotatable bonds is 2. The third-order valence-corrected chi connectivity index (χ3v) is 2.30. The van der Waals surface area contributed by atoms with Gasteiger partial charge in [0.25, 0.3) is 0 Å². The molecule has 1 aromatic carbocycles. The molecular formula is C8H9BrFNO2. The second-order valence-corrected chi connectivity index (χ2v) is 3.53. The molecule has 13 heavy (non-hydrogen) atoms. The van der Waals surface area contributed by atoms with Gasteiger partial charge in [-0.25, -0.2) is 4.39 Å². The van der Waals surface area contributed by atoms with Crippen LogP contribution in [0.4, 0.5) is 4.39 Å². The maximum Gasteiger partial charge on any atom is 0.170 e. The molecule has 0 heterocycles. The standard InChI is InChI=1S/C8H9BrFNO2/c1-11(13)4-5-6(9)2-3-7(12)8(5)10/h2-3,12-13H,4H2,1H3. The largest absolute Gasteiger partial charge is 0.505 e. The Hall–Kier alpha value is -0.650. The van der Waals surface area contributed by atoms with E-state index in [0.717, 1.165) is 5.06 Å². The highest BCUT2D eigenvalue weighted by Crippen LogP contribution is 2.27. The van der Waals surface area contributed by atoms with Crippen molar-refractivity contribution in [1.82, 2.24) is 5.06 Å². The molecule has 0 unspecified atom stereocenters. The number of phenolic OH excluding ortho intramolecular Hbond substituents is 1. The Kier molecular flexibility index (Phi) is 3.24. The van der Waals surface area contributed by atoms with E-state index in [4.69, 9.17) is 10.3 Å². The second kappa shape index (κ2) is 4.04. The van der Waals surface area contributed by atoms with Gasteiger partial charge in [0.15, 0.2) is 11.6 Å². The van der Waals surface area contributed by atoms with E-state index in [9.17, 15) is 4.39 Å². The lowest BCUT2D eigenvalue weighted by atomic mass is 10.2. The van der Waals surface area contributed by atoms with E-state index in [0.29, 0.717) is 4.47 Å². The van der Waals surface area contributed by atoms with Gasteiger partial charge in [0.1, 0.15) is 0 Å². The summed E-state index contributed by atoms with van der Waals surface area (Å²) < 4.78 is 13.7. The van der Waals surface area contributed by atoms with Crippen LogP contribution in [0, 0.1) is 5.82 Å². The molecule has 0 aliphatic rings. The lowest BCUT2D eigenvalue weighted by molar-refractivity contribution is -0.0740. The van der Waals surface area contributed by atoms with Gasteiger partial charge < -0.3 is 10.3 Å². The molecule has 1 rings (SSSR count). The molecule has 0 saturated heterocycles. The zero-order chi connectivity index (χ0) is 10.0. The van der Waals surface area contributed by atoms with Crippen LogP contribution in [-0.2, 0) is 6.54 Å². The quantitative estimate of drug-likeness (QED) is 0.790. The van der Waals surface area contributed by atoms with Crippen molar-refractivity contribution in [2.45, 2.75) is 6.54 Å². The van der Waals surface area contributed by atoms with Crippen LogP contribution in [-0.4, -0.2) is 22.4 Å². The molecule has 3 nitrogen and oxygen atoms in total. The van der Waals surface area contributed by atoms with Crippen molar-refractivity contribution in [2.75, 3.05) is 7.05 Å². The van der Waals surface area contributed by atoms with Crippen LogP contribution >= 0.6 is 15.9 Å². The lowest BCUT2D eigenvalue weighted by Gasteiger charge is -2.11. The van der Waals surface area contributed by atoms with Gasteiger partial charge in [-0.15, -0.1) is 0 Å². The van der Waals surface area contributed by atoms with Crippen molar-refractivity contribution in [3.05, 3.63) is 28.0 Å². The number of hydrogen-bond donors (Lipinski definition) is 2. The van der Waals surface area contributed by atoms with E-state index in [2.05, 4.69) is 15.9 Å². The summed E-state index contributed by atoms with van der Waals surface area (Å²) in [7, 11) is 1.40. The Balaban J connectivity index is 3.10. The summed E-state index contributed by atoms with van der Waals surface area (Å²) in [4.78, 5) is 0. The van der Waals surface area contributed by atoms with Gasteiger partial charge >= 0.3 is 0 Å². The van der Waals surface area contributed by atoms with Gasteiger partial charge in [0.2, 0.25) is 0 Å². The van der Waals surface area contributed by atoms with E-state index in [1.54, 1.807) is 0 Å². The van der Waals surface area contributed by atoms with Crippen molar-refractivity contribution in [3.8, 4) is 5.75 Å². The molecule has 72 valence electrons. The fourth-order valence-electron chi connectivity index (χ4n) is 0.959. The van der Waals surface area contributed by atoms with Gasteiger partial charge in [0, 0.05) is 17.1 Å². The molecule has 0 atom stereocenters. The third kappa shape index (κ3) is 2.40. The van der Waals surface area contributed by atoms with Gasteiger partial charge in [0.05, 0.1) is 6.54 Å². The van der Waals surface area contributed by atoms with Crippen molar-refractivity contribution in [1.29, 1.82) is 0 Å². The Morgan fingerprint density at radius 3 is 2.69 bits per heavy atom. The van der Waals surface area contributed by atoms with Gasteiger partial charge in [-0.2, -0.15) is 5.06 Å². The van der Waals surface area contributed by atoms with Crippen molar-refractivity contribution in [2.24, 2.45) is 0 Å². The summed E-state index contributed by atoms with van der Waals surface area (Å²) in [5.74, 6) is -1.13. The maximum absolute atomic E-state index is 13.2. The number of nitrogens with zero attached hydrogens (tertiary/aromatic N) is 1. The average Bonchev–Trinajstić information content (AvgIpc) is 2.05. The zero-order valence-corrected chi connectivity index (χ0v) is 8.55. The summed E-state index contributed by atoms with van der Waals surface area (Å²) in [5.41, 5.74) is 0.227. The number of halogens is 2. The molecule has 0 amide bonds. The molecule has 0 radical (unpaired) electrons. The summed E-state index contributed by atoms with van der Waals surface area (Å²) in [6, 6.07) is 2.78. The number of hydrogen-bond acceptors (Lipinski definition) is 3. The first kappa shape index (κ1) is 10.4. The van der Waals surface area contributed by atoms with Gasteiger partial charge in [-0.3, -0.25) is 0 Å². The van der Waals surface area contributed by atoms with Crippen molar-refractivity contribution >= 4 is 15.9 Å². The molecule has 5 heteroatoms. The minimum absolute atomic E-state index is 0.0147. The predicted molar refractivity (Wildman–Crippen MR) is 49.0 cm³/mol. The Morgan fingerprint density at radius 2 is 2.15 bits per heavy atom. The first-order chi connectivity index (χ1) is 6.02. The van der Waals surface area contributed by atoms with Crippen LogP contribution in [0.5, 0.6) is 5.75 Å². The van der Waals surface area contributed by atoms with Crippen LogP contribution in [0.15, 0.2) is 16.6 Å². The van der Waals surface area contributed by atoms with Gasteiger partial charge in [-0.1, -0.05) is 15.9 Å². The van der Waals surface area contributed by atoms with E-state index in [1.165, 1.54) is 19.2 Å². The average molecular weight is 250 g/mol.